The molecule has 3 aromatic carbocycles. The summed E-state index contributed by atoms with van der Waals surface area (Å²) in [7, 11) is 1.74. The second kappa shape index (κ2) is 11.2. The third kappa shape index (κ3) is 6.13. The fraction of sp³-hybridized carbons (Fsp3) is 0.172. The molecular weight excluding hydrogens is 539 g/mol. The second-order valence-corrected chi connectivity index (χ2v) is 9.43. The van der Waals surface area contributed by atoms with Crippen molar-refractivity contribution in [3.63, 3.8) is 0 Å². The van der Waals surface area contributed by atoms with E-state index in [1.807, 2.05) is 30.3 Å². The van der Waals surface area contributed by atoms with Crippen molar-refractivity contribution in [3.8, 4) is 17.6 Å². The van der Waals surface area contributed by atoms with Crippen LogP contribution in [0.15, 0.2) is 72.8 Å². The van der Waals surface area contributed by atoms with E-state index >= 15 is 0 Å². The molecule has 0 saturated carbocycles. The maximum Gasteiger partial charge on any atom is 0.416 e. The molecule has 1 aliphatic rings. The molecule has 0 radical (unpaired) electrons. The SMILES string of the molecule is CN1C(=S)[C@@H](NC(=O)c2n[nH]c(Cc3ccccc3)n2)COc2ccc(C#Cc3cccc(C(F)(F)F)c3)cc21. The zero-order chi connectivity index (χ0) is 28.3. The molecule has 2 heterocycles. The molecule has 0 aliphatic carbocycles. The van der Waals surface area contributed by atoms with Crippen LogP contribution >= 0.6 is 12.2 Å². The minimum absolute atomic E-state index is 0.00898. The minimum atomic E-state index is -4.44. The number of thiocarbonyl (C=S) groups is 1. The van der Waals surface area contributed by atoms with Crippen molar-refractivity contribution >= 4 is 28.8 Å². The number of ether oxygens (including phenoxy) is 1. The smallest absolute Gasteiger partial charge is 0.416 e. The van der Waals surface area contributed by atoms with Gasteiger partial charge in [-0.05, 0) is 42.0 Å². The zero-order valence-electron chi connectivity index (χ0n) is 21.1. The van der Waals surface area contributed by atoms with Gasteiger partial charge >= 0.3 is 6.18 Å². The first-order valence-corrected chi connectivity index (χ1v) is 12.6. The van der Waals surface area contributed by atoms with Crippen molar-refractivity contribution in [2.75, 3.05) is 18.6 Å². The lowest BCUT2D eigenvalue weighted by Crippen LogP contribution is -2.48. The third-order valence-corrected chi connectivity index (χ3v) is 6.71. The number of alkyl halides is 3. The third-order valence-electron chi connectivity index (χ3n) is 6.15. The fourth-order valence-corrected chi connectivity index (χ4v) is 4.31. The number of aromatic nitrogens is 3. The number of carbonyl (C=O) groups excluding carboxylic acids is 1. The maximum atomic E-state index is 13.0. The van der Waals surface area contributed by atoms with Gasteiger partial charge in [0.2, 0.25) is 5.82 Å². The summed E-state index contributed by atoms with van der Waals surface area (Å²) in [6.07, 6.45) is -3.94. The first-order valence-electron chi connectivity index (χ1n) is 12.2. The molecule has 0 bridgehead atoms. The molecule has 0 spiro atoms. The van der Waals surface area contributed by atoms with Gasteiger partial charge in [-0.3, -0.25) is 9.89 Å². The molecule has 1 atom stereocenters. The Labute approximate surface area is 233 Å². The van der Waals surface area contributed by atoms with Crippen molar-refractivity contribution in [1.29, 1.82) is 0 Å². The lowest BCUT2D eigenvalue weighted by atomic mass is 10.1. The van der Waals surface area contributed by atoms with E-state index in [4.69, 9.17) is 17.0 Å². The molecule has 1 amide bonds. The van der Waals surface area contributed by atoms with E-state index in [2.05, 4.69) is 32.3 Å². The summed E-state index contributed by atoms with van der Waals surface area (Å²) in [5, 5.41) is 9.67. The summed E-state index contributed by atoms with van der Waals surface area (Å²) in [6.45, 7) is 0.0818. The van der Waals surface area contributed by atoms with Gasteiger partial charge in [-0.15, -0.1) is 5.10 Å². The fourth-order valence-electron chi connectivity index (χ4n) is 4.09. The summed E-state index contributed by atoms with van der Waals surface area (Å²) in [5.74, 6) is 6.24. The van der Waals surface area contributed by atoms with Gasteiger partial charge in [-0.25, -0.2) is 4.98 Å². The average molecular weight is 562 g/mol. The molecule has 202 valence electrons. The van der Waals surface area contributed by atoms with E-state index in [0.29, 0.717) is 34.2 Å². The monoisotopic (exact) mass is 561 g/mol. The lowest BCUT2D eigenvalue weighted by molar-refractivity contribution is -0.137. The van der Waals surface area contributed by atoms with Crippen LogP contribution < -0.4 is 15.0 Å². The lowest BCUT2D eigenvalue weighted by Gasteiger charge is -2.23. The molecule has 0 saturated heterocycles. The highest BCUT2D eigenvalue weighted by Crippen LogP contribution is 2.32. The molecule has 1 aromatic heterocycles. The number of aromatic amines is 1. The molecule has 5 rings (SSSR count). The Bertz CT molecular complexity index is 1630. The van der Waals surface area contributed by atoms with Crippen molar-refractivity contribution in [2.45, 2.75) is 18.6 Å². The molecule has 0 unspecified atom stereocenters. The molecule has 11 heteroatoms. The number of H-pyrrole nitrogens is 1. The van der Waals surface area contributed by atoms with Crippen LogP contribution in [0.25, 0.3) is 0 Å². The Morgan fingerprint density at radius 2 is 1.85 bits per heavy atom. The van der Waals surface area contributed by atoms with Crippen LogP contribution in [-0.4, -0.2) is 45.8 Å². The summed E-state index contributed by atoms with van der Waals surface area (Å²) in [6, 6.07) is 19.0. The molecule has 40 heavy (non-hydrogen) atoms. The minimum Gasteiger partial charge on any atom is -0.489 e. The van der Waals surface area contributed by atoms with E-state index < -0.39 is 23.7 Å². The normalized spacial score (nSPS) is 14.8. The number of benzene rings is 3. The standard InChI is InChI=1S/C29H22F3N5O2S/c1-37-23-15-20(11-10-19-8-5-9-21(14-19)29(30,31)32)12-13-24(23)39-17-22(28(37)40)33-27(38)26-34-25(35-36-26)16-18-6-3-2-4-7-18/h2-9,12-15,22H,16-17H2,1H3,(H,33,38)(H,34,35,36)/t22-/m0/s1. The zero-order valence-corrected chi connectivity index (χ0v) is 21.9. The Balaban J connectivity index is 1.28. The van der Waals surface area contributed by atoms with Gasteiger partial charge in [0.15, 0.2) is 0 Å². The predicted octanol–water partition coefficient (Wildman–Crippen LogP) is 4.77. The maximum absolute atomic E-state index is 13.0. The number of rotatable bonds is 4. The highest BCUT2D eigenvalue weighted by Gasteiger charge is 2.30. The average Bonchev–Trinajstić information content (AvgIpc) is 3.38. The number of carbonyl (C=O) groups is 1. The molecule has 2 N–H and O–H groups in total. The summed E-state index contributed by atoms with van der Waals surface area (Å²) >= 11 is 5.65. The number of amides is 1. The number of likely N-dealkylation sites (N-methyl/N-ethyl adjacent to an activating group) is 1. The first kappa shape index (κ1) is 26.9. The van der Waals surface area contributed by atoms with Crippen LogP contribution in [0.2, 0.25) is 0 Å². The molecular formula is C29H22F3N5O2S. The highest BCUT2D eigenvalue weighted by molar-refractivity contribution is 7.80. The Morgan fingerprint density at radius 3 is 2.60 bits per heavy atom. The number of nitrogens with one attached hydrogen (secondary N) is 2. The molecule has 0 fully saturated rings. The van der Waals surface area contributed by atoms with E-state index in [1.165, 1.54) is 12.1 Å². The van der Waals surface area contributed by atoms with Crippen molar-refractivity contribution in [3.05, 3.63) is 107 Å². The summed E-state index contributed by atoms with van der Waals surface area (Å²) in [5.41, 5.74) is 1.68. The Morgan fingerprint density at radius 1 is 1.10 bits per heavy atom. The van der Waals surface area contributed by atoms with Crippen LogP contribution in [0.1, 0.15) is 38.7 Å². The van der Waals surface area contributed by atoms with Gasteiger partial charge in [0.1, 0.15) is 29.2 Å². The second-order valence-electron chi connectivity index (χ2n) is 9.01. The van der Waals surface area contributed by atoms with Crippen LogP contribution in [0.4, 0.5) is 18.9 Å². The summed E-state index contributed by atoms with van der Waals surface area (Å²) in [4.78, 5) is 19.3. The number of fused-ring (bicyclic) bond motifs is 1. The molecule has 1 aliphatic heterocycles. The largest absolute Gasteiger partial charge is 0.489 e. The van der Waals surface area contributed by atoms with E-state index in [0.717, 1.165) is 17.7 Å². The van der Waals surface area contributed by atoms with Crippen LogP contribution in [-0.2, 0) is 12.6 Å². The van der Waals surface area contributed by atoms with Crippen molar-refractivity contribution in [2.24, 2.45) is 0 Å². The van der Waals surface area contributed by atoms with Gasteiger partial charge in [0.25, 0.3) is 5.91 Å². The van der Waals surface area contributed by atoms with Gasteiger partial charge in [-0.1, -0.05) is 60.5 Å². The van der Waals surface area contributed by atoms with E-state index in [-0.39, 0.29) is 18.0 Å². The topological polar surface area (TPSA) is 83.1 Å². The van der Waals surface area contributed by atoms with E-state index in [1.54, 1.807) is 30.1 Å². The van der Waals surface area contributed by atoms with Gasteiger partial charge in [0.05, 0.1) is 11.3 Å². The van der Waals surface area contributed by atoms with Gasteiger partial charge < -0.3 is 15.0 Å². The van der Waals surface area contributed by atoms with Crippen molar-refractivity contribution in [1.82, 2.24) is 20.5 Å². The number of nitrogens with zero attached hydrogens (tertiary/aromatic N) is 3. The van der Waals surface area contributed by atoms with Crippen LogP contribution in [0.5, 0.6) is 5.75 Å². The van der Waals surface area contributed by atoms with E-state index in [9.17, 15) is 18.0 Å². The first-order chi connectivity index (χ1) is 19.2. The number of anilines is 1. The van der Waals surface area contributed by atoms with Crippen LogP contribution in [0.3, 0.4) is 0 Å². The van der Waals surface area contributed by atoms with Gasteiger partial charge in [-0.2, -0.15) is 13.2 Å². The quantitative estimate of drug-likeness (QED) is 0.276. The van der Waals surface area contributed by atoms with Crippen molar-refractivity contribution < 1.29 is 22.7 Å². The number of hydrogen-bond donors (Lipinski definition) is 2. The number of hydrogen-bond acceptors (Lipinski definition) is 5. The Hall–Kier alpha value is -4.69. The number of halogens is 3. The molecule has 4 aromatic rings. The molecule has 7 nitrogen and oxygen atoms in total. The predicted molar refractivity (Wildman–Crippen MR) is 147 cm³/mol. The highest BCUT2D eigenvalue weighted by atomic mass is 32.1. The van der Waals surface area contributed by atoms with Gasteiger partial charge in [0, 0.05) is 24.6 Å². The summed E-state index contributed by atoms with van der Waals surface area (Å²) < 4.78 is 45.0. The Kier molecular flexibility index (Phi) is 7.53. The van der Waals surface area contributed by atoms with Crippen LogP contribution in [0, 0.1) is 11.8 Å².